The van der Waals surface area contributed by atoms with Crippen LogP contribution in [0.1, 0.15) is 32.6 Å². The molecule has 2 amide bonds. The highest BCUT2D eigenvalue weighted by atomic mass is 16.5. The summed E-state index contributed by atoms with van der Waals surface area (Å²) >= 11 is 0. The molecule has 1 heterocycles. The lowest BCUT2D eigenvalue weighted by atomic mass is 10.0. The normalized spacial score (nSPS) is 24.3. The molecule has 0 aromatic heterocycles. The van der Waals surface area contributed by atoms with E-state index in [-0.39, 0.29) is 17.7 Å². The molecular weight excluding hydrogens is 258 g/mol. The molecule has 20 heavy (non-hydrogen) atoms. The molecule has 1 aliphatic heterocycles. The van der Waals surface area contributed by atoms with E-state index in [4.69, 9.17) is 10.5 Å². The molecule has 6 heteroatoms. The largest absolute Gasteiger partial charge is 0.377 e. The summed E-state index contributed by atoms with van der Waals surface area (Å²) in [5.41, 5.74) is 5.48. The molecular formula is C14H25N3O3. The summed E-state index contributed by atoms with van der Waals surface area (Å²) in [6.07, 6.45) is 3.68. The maximum absolute atomic E-state index is 12.5. The van der Waals surface area contributed by atoms with Crippen molar-refractivity contribution in [1.29, 1.82) is 0 Å². The van der Waals surface area contributed by atoms with E-state index in [0.717, 1.165) is 25.7 Å². The predicted octanol–water partition coefficient (Wildman–Crippen LogP) is -0.133. The fourth-order valence-corrected chi connectivity index (χ4v) is 2.44. The molecule has 1 saturated heterocycles. The minimum absolute atomic E-state index is 0.0395. The summed E-state index contributed by atoms with van der Waals surface area (Å²) in [6, 6.07) is -0.173. The van der Waals surface area contributed by atoms with Crippen LogP contribution in [0.4, 0.5) is 0 Å². The average molecular weight is 283 g/mol. The Morgan fingerprint density at radius 1 is 1.45 bits per heavy atom. The first kappa shape index (κ1) is 15.3. The van der Waals surface area contributed by atoms with E-state index < -0.39 is 6.04 Å². The van der Waals surface area contributed by atoms with Crippen LogP contribution in [-0.2, 0) is 14.3 Å². The number of hydrogen-bond acceptors (Lipinski definition) is 4. The molecule has 0 spiro atoms. The van der Waals surface area contributed by atoms with Gasteiger partial charge < -0.3 is 20.7 Å². The van der Waals surface area contributed by atoms with Crippen molar-refractivity contribution in [2.24, 2.45) is 11.7 Å². The van der Waals surface area contributed by atoms with Gasteiger partial charge in [-0.3, -0.25) is 9.59 Å². The summed E-state index contributed by atoms with van der Waals surface area (Å²) in [6.45, 7) is 3.79. The molecule has 6 nitrogen and oxygen atoms in total. The SMILES string of the molecule is CC(CCCN)C(=O)N1CCOCC1C(=O)NC1CC1. The summed E-state index contributed by atoms with van der Waals surface area (Å²) in [4.78, 5) is 26.3. The third-order valence-electron chi connectivity index (χ3n) is 3.90. The highest BCUT2D eigenvalue weighted by Gasteiger charge is 2.36. The second kappa shape index (κ2) is 7.04. The fourth-order valence-electron chi connectivity index (χ4n) is 2.44. The monoisotopic (exact) mass is 283 g/mol. The number of ether oxygens (including phenoxy) is 1. The van der Waals surface area contributed by atoms with Crippen LogP contribution in [-0.4, -0.2) is 55.1 Å². The summed E-state index contributed by atoms with van der Waals surface area (Å²) in [7, 11) is 0. The molecule has 0 radical (unpaired) electrons. The van der Waals surface area contributed by atoms with E-state index in [2.05, 4.69) is 5.32 Å². The van der Waals surface area contributed by atoms with Crippen LogP contribution in [0.3, 0.4) is 0 Å². The molecule has 1 saturated carbocycles. The van der Waals surface area contributed by atoms with Gasteiger partial charge in [-0.2, -0.15) is 0 Å². The Kier molecular flexibility index (Phi) is 5.37. The van der Waals surface area contributed by atoms with Crippen molar-refractivity contribution in [3.05, 3.63) is 0 Å². The van der Waals surface area contributed by atoms with Crippen molar-refractivity contribution < 1.29 is 14.3 Å². The Balaban J connectivity index is 1.94. The zero-order valence-corrected chi connectivity index (χ0v) is 12.1. The Morgan fingerprint density at radius 2 is 2.20 bits per heavy atom. The van der Waals surface area contributed by atoms with Gasteiger partial charge in [0.15, 0.2) is 0 Å². The van der Waals surface area contributed by atoms with Gasteiger partial charge in [-0.25, -0.2) is 0 Å². The molecule has 0 aromatic carbocycles. The summed E-state index contributed by atoms with van der Waals surface area (Å²) < 4.78 is 5.37. The molecule has 0 bridgehead atoms. The zero-order chi connectivity index (χ0) is 14.5. The highest BCUT2D eigenvalue weighted by molar-refractivity contribution is 5.89. The Morgan fingerprint density at radius 3 is 2.85 bits per heavy atom. The standard InChI is InChI=1S/C14H25N3O3/c1-10(3-2-6-15)14(19)17-7-8-20-9-12(17)13(18)16-11-4-5-11/h10-12H,2-9,15H2,1H3,(H,16,18). The van der Waals surface area contributed by atoms with Crippen molar-refractivity contribution in [3.63, 3.8) is 0 Å². The van der Waals surface area contributed by atoms with Gasteiger partial charge in [-0.15, -0.1) is 0 Å². The van der Waals surface area contributed by atoms with Crippen LogP contribution in [0.2, 0.25) is 0 Å². The zero-order valence-electron chi connectivity index (χ0n) is 12.1. The predicted molar refractivity (Wildman–Crippen MR) is 74.9 cm³/mol. The topological polar surface area (TPSA) is 84.7 Å². The van der Waals surface area contributed by atoms with E-state index in [1.54, 1.807) is 4.90 Å². The quantitative estimate of drug-likeness (QED) is 0.711. The molecule has 2 atom stereocenters. The van der Waals surface area contributed by atoms with Gasteiger partial charge in [-0.1, -0.05) is 6.92 Å². The lowest BCUT2D eigenvalue weighted by Crippen LogP contribution is -2.57. The van der Waals surface area contributed by atoms with Crippen molar-refractivity contribution in [2.45, 2.75) is 44.7 Å². The smallest absolute Gasteiger partial charge is 0.245 e. The number of morpholine rings is 1. The number of amides is 2. The second-order valence-electron chi connectivity index (χ2n) is 5.74. The third-order valence-corrected chi connectivity index (χ3v) is 3.90. The first-order valence-electron chi connectivity index (χ1n) is 7.52. The Bertz CT molecular complexity index is 358. The molecule has 2 unspecified atom stereocenters. The molecule has 3 N–H and O–H groups in total. The number of rotatable bonds is 6. The van der Waals surface area contributed by atoms with Gasteiger partial charge in [0.05, 0.1) is 13.2 Å². The Hall–Kier alpha value is -1.14. The molecule has 2 rings (SSSR count). The van der Waals surface area contributed by atoms with Crippen LogP contribution in [0.25, 0.3) is 0 Å². The van der Waals surface area contributed by atoms with E-state index in [9.17, 15) is 9.59 Å². The van der Waals surface area contributed by atoms with Crippen LogP contribution in [0, 0.1) is 5.92 Å². The van der Waals surface area contributed by atoms with Gasteiger partial charge in [0.2, 0.25) is 11.8 Å². The number of nitrogens with one attached hydrogen (secondary N) is 1. The first-order chi connectivity index (χ1) is 9.63. The number of carbonyl (C=O) groups excluding carboxylic acids is 2. The molecule has 2 fully saturated rings. The molecule has 1 aliphatic carbocycles. The third kappa shape index (κ3) is 3.93. The number of nitrogens with zero attached hydrogens (tertiary/aromatic N) is 1. The number of nitrogens with two attached hydrogens (primary N) is 1. The Labute approximate surface area is 120 Å². The van der Waals surface area contributed by atoms with Crippen molar-refractivity contribution in [2.75, 3.05) is 26.3 Å². The van der Waals surface area contributed by atoms with Gasteiger partial charge >= 0.3 is 0 Å². The van der Waals surface area contributed by atoms with E-state index in [1.807, 2.05) is 6.92 Å². The van der Waals surface area contributed by atoms with E-state index in [0.29, 0.717) is 32.3 Å². The van der Waals surface area contributed by atoms with Gasteiger partial charge in [0, 0.05) is 18.5 Å². The summed E-state index contributed by atoms with van der Waals surface area (Å²) in [5, 5.41) is 2.96. The molecule has 2 aliphatic rings. The fraction of sp³-hybridized carbons (Fsp3) is 0.857. The van der Waals surface area contributed by atoms with Crippen molar-refractivity contribution in [1.82, 2.24) is 10.2 Å². The van der Waals surface area contributed by atoms with Gasteiger partial charge in [-0.05, 0) is 32.2 Å². The lowest BCUT2D eigenvalue weighted by molar-refractivity contribution is -0.151. The number of hydrogen-bond donors (Lipinski definition) is 2. The van der Waals surface area contributed by atoms with E-state index in [1.165, 1.54) is 0 Å². The first-order valence-corrected chi connectivity index (χ1v) is 7.52. The molecule has 114 valence electrons. The van der Waals surface area contributed by atoms with Crippen LogP contribution in [0.5, 0.6) is 0 Å². The molecule has 0 aromatic rings. The highest BCUT2D eigenvalue weighted by Crippen LogP contribution is 2.20. The van der Waals surface area contributed by atoms with Crippen LogP contribution < -0.4 is 11.1 Å². The lowest BCUT2D eigenvalue weighted by Gasteiger charge is -2.36. The van der Waals surface area contributed by atoms with Gasteiger partial charge in [0.1, 0.15) is 6.04 Å². The minimum atomic E-state index is -0.475. The van der Waals surface area contributed by atoms with Gasteiger partial charge in [0.25, 0.3) is 0 Å². The van der Waals surface area contributed by atoms with Crippen molar-refractivity contribution >= 4 is 11.8 Å². The van der Waals surface area contributed by atoms with Crippen molar-refractivity contribution in [3.8, 4) is 0 Å². The van der Waals surface area contributed by atoms with Crippen LogP contribution in [0.15, 0.2) is 0 Å². The maximum Gasteiger partial charge on any atom is 0.245 e. The minimum Gasteiger partial charge on any atom is -0.377 e. The summed E-state index contributed by atoms with van der Waals surface area (Å²) in [5.74, 6) is -0.128. The average Bonchev–Trinajstić information content (AvgIpc) is 3.27. The second-order valence-corrected chi connectivity index (χ2v) is 5.74. The van der Waals surface area contributed by atoms with E-state index >= 15 is 0 Å². The maximum atomic E-state index is 12.5. The number of carbonyl (C=O) groups is 2. The van der Waals surface area contributed by atoms with Crippen LogP contribution >= 0.6 is 0 Å².